The average molecular weight is 403 g/mol. The Kier molecular flexibility index (Phi) is 5.60. The molecule has 1 saturated heterocycles. The summed E-state index contributed by atoms with van der Waals surface area (Å²) in [5.41, 5.74) is 3.24. The number of fused-ring (bicyclic) bond motifs is 1. The van der Waals surface area contributed by atoms with Gasteiger partial charge in [0.2, 0.25) is 0 Å². The van der Waals surface area contributed by atoms with Gasteiger partial charge in [-0.05, 0) is 38.3 Å². The molecule has 0 radical (unpaired) electrons. The van der Waals surface area contributed by atoms with Gasteiger partial charge in [0.15, 0.2) is 0 Å². The molecule has 0 aliphatic carbocycles. The maximum absolute atomic E-state index is 13.3. The van der Waals surface area contributed by atoms with Gasteiger partial charge < -0.3 is 15.0 Å². The number of carbonyl (C=O) groups is 1. The topological polar surface area (TPSA) is 59.4 Å². The Morgan fingerprint density at radius 1 is 1.36 bits per heavy atom. The second-order valence-corrected chi connectivity index (χ2v) is 7.91. The number of unbranched alkanes of at least 4 members (excludes halogenated alkanes) is 1. The highest BCUT2D eigenvalue weighted by molar-refractivity contribution is 6.30. The highest BCUT2D eigenvalue weighted by Gasteiger charge is 2.38. The molecule has 4 rings (SSSR count). The van der Waals surface area contributed by atoms with Crippen LogP contribution in [0.15, 0.2) is 24.3 Å². The Labute approximate surface area is 170 Å². The Balaban J connectivity index is 1.72. The van der Waals surface area contributed by atoms with Gasteiger partial charge in [-0.2, -0.15) is 5.10 Å². The number of ether oxygens (including phenoxy) is 1. The molecule has 0 unspecified atom stereocenters. The zero-order valence-corrected chi connectivity index (χ0v) is 17.2. The Morgan fingerprint density at radius 3 is 2.93 bits per heavy atom. The van der Waals surface area contributed by atoms with Crippen LogP contribution in [0.2, 0.25) is 5.15 Å². The number of amides is 1. The predicted octanol–water partition coefficient (Wildman–Crippen LogP) is 4.39. The van der Waals surface area contributed by atoms with E-state index in [1.165, 1.54) is 0 Å². The van der Waals surface area contributed by atoms with Crippen LogP contribution in [0, 0.1) is 6.92 Å². The highest BCUT2D eigenvalue weighted by atomic mass is 35.5. The van der Waals surface area contributed by atoms with E-state index in [2.05, 4.69) is 17.3 Å². The molecule has 2 aliphatic heterocycles. The Hall–Kier alpha value is -2.05. The quantitative estimate of drug-likeness (QED) is 0.778. The zero-order chi connectivity index (χ0) is 19.7. The van der Waals surface area contributed by atoms with E-state index in [0.717, 1.165) is 55.8 Å². The van der Waals surface area contributed by atoms with E-state index in [9.17, 15) is 4.79 Å². The third-order valence-electron chi connectivity index (χ3n) is 5.55. The van der Waals surface area contributed by atoms with Crippen LogP contribution in [0.4, 0.5) is 5.69 Å². The van der Waals surface area contributed by atoms with Gasteiger partial charge in [0.05, 0.1) is 22.9 Å². The summed E-state index contributed by atoms with van der Waals surface area (Å²) >= 11 is 6.75. The standard InChI is InChI=1S/C21H27ClN4O2/c1-3-4-11-26-19(22)18(14(2)24-26)20-23-17-10-6-5-9-16(17)21(27)25(20)13-15-8-7-12-28-15/h5-6,9-10,15,20,23H,3-4,7-8,11-13H2,1-2H3/t15-,20+/m0/s1. The molecule has 7 heteroatoms. The third kappa shape index (κ3) is 3.51. The number of aryl methyl sites for hydroxylation is 2. The van der Waals surface area contributed by atoms with Crippen LogP contribution in [0.1, 0.15) is 60.4 Å². The van der Waals surface area contributed by atoms with E-state index in [4.69, 9.17) is 16.3 Å². The van der Waals surface area contributed by atoms with Crippen LogP contribution in [-0.4, -0.2) is 39.8 Å². The molecule has 2 atom stereocenters. The minimum absolute atomic E-state index is 0.00613. The van der Waals surface area contributed by atoms with Crippen LogP contribution < -0.4 is 5.32 Å². The molecular weight excluding hydrogens is 376 g/mol. The molecule has 6 nitrogen and oxygen atoms in total. The third-order valence-corrected chi connectivity index (χ3v) is 5.95. The minimum Gasteiger partial charge on any atom is -0.376 e. The summed E-state index contributed by atoms with van der Waals surface area (Å²) in [7, 11) is 0. The first-order chi connectivity index (χ1) is 13.6. The Bertz CT molecular complexity index is 860. The second kappa shape index (κ2) is 8.13. The van der Waals surface area contributed by atoms with Crippen molar-refractivity contribution in [2.24, 2.45) is 0 Å². The molecule has 1 amide bonds. The normalized spacial score (nSPS) is 21.7. The van der Waals surface area contributed by atoms with E-state index in [0.29, 0.717) is 17.3 Å². The van der Waals surface area contributed by atoms with E-state index >= 15 is 0 Å². The van der Waals surface area contributed by atoms with Crippen molar-refractivity contribution >= 4 is 23.2 Å². The first-order valence-corrected chi connectivity index (χ1v) is 10.5. The van der Waals surface area contributed by atoms with Crippen molar-refractivity contribution in [3.63, 3.8) is 0 Å². The summed E-state index contributed by atoms with van der Waals surface area (Å²) in [5, 5.41) is 8.78. The average Bonchev–Trinajstić information content (AvgIpc) is 3.30. The smallest absolute Gasteiger partial charge is 0.257 e. The summed E-state index contributed by atoms with van der Waals surface area (Å²) < 4.78 is 7.67. The molecule has 150 valence electrons. The fourth-order valence-corrected chi connectivity index (χ4v) is 4.41. The number of benzene rings is 1. The monoisotopic (exact) mass is 402 g/mol. The number of nitrogens with zero attached hydrogens (tertiary/aromatic N) is 3. The summed E-state index contributed by atoms with van der Waals surface area (Å²) in [6, 6.07) is 7.63. The van der Waals surface area contributed by atoms with Crippen molar-refractivity contribution < 1.29 is 9.53 Å². The molecule has 1 aromatic carbocycles. The summed E-state index contributed by atoms with van der Waals surface area (Å²) in [4.78, 5) is 15.2. The number of rotatable bonds is 6. The van der Waals surface area contributed by atoms with E-state index < -0.39 is 0 Å². The number of para-hydroxylation sites is 1. The van der Waals surface area contributed by atoms with Crippen molar-refractivity contribution in [1.82, 2.24) is 14.7 Å². The predicted molar refractivity (Wildman–Crippen MR) is 110 cm³/mol. The van der Waals surface area contributed by atoms with Crippen molar-refractivity contribution in [2.45, 2.75) is 58.3 Å². The number of halogens is 1. The van der Waals surface area contributed by atoms with Gasteiger partial charge >= 0.3 is 0 Å². The molecule has 1 aromatic heterocycles. The molecule has 1 N–H and O–H groups in total. The molecule has 28 heavy (non-hydrogen) atoms. The zero-order valence-electron chi connectivity index (χ0n) is 16.4. The van der Waals surface area contributed by atoms with Gasteiger partial charge in [-0.15, -0.1) is 0 Å². The number of hydrogen-bond donors (Lipinski definition) is 1. The number of carbonyl (C=O) groups excluding carboxylic acids is 1. The summed E-state index contributed by atoms with van der Waals surface area (Å²) in [6.07, 6.45) is 3.81. The van der Waals surface area contributed by atoms with Gasteiger partial charge in [0.25, 0.3) is 5.91 Å². The molecule has 0 saturated carbocycles. The van der Waals surface area contributed by atoms with Crippen molar-refractivity contribution in [1.29, 1.82) is 0 Å². The molecule has 2 aromatic rings. The first-order valence-electron chi connectivity index (χ1n) is 10.1. The van der Waals surface area contributed by atoms with Crippen LogP contribution in [0.25, 0.3) is 0 Å². The van der Waals surface area contributed by atoms with Gasteiger partial charge in [0.1, 0.15) is 11.3 Å². The molecule has 2 aliphatic rings. The van der Waals surface area contributed by atoms with Gasteiger partial charge in [-0.25, -0.2) is 0 Å². The molecule has 3 heterocycles. The van der Waals surface area contributed by atoms with E-state index in [-0.39, 0.29) is 18.2 Å². The van der Waals surface area contributed by atoms with Gasteiger partial charge in [0, 0.05) is 25.4 Å². The SMILES string of the molecule is CCCCn1nc(C)c([C@@H]2Nc3ccccc3C(=O)N2C[C@@H]2CCCO2)c1Cl. The number of nitrogens with one attached hydrogen (secondary N) is 1. The maximum atomic E-state index is 13.3. The minimum atomic E-state index is -0.352. The lowest BCUT2D eigenvalue weighted by atomic mass is 10.0. The van der Waals surface area contributed by atoms with Crippen LogP contribution >= 0.6 is 11.6 Å². The van der Waals surface area contributed by atoms with Crippen LogP contribution in [0.5, 0.6) is 0 Å². The molecular formula is C21H27ClN4O2. The largest absolute Gasteiger partial charge is 0.376 e. The van der Waals surface area contributed by atoms with Gasteiger partial charge in [-0.3, -0.25) is 9.48 Å². The number of aromatic nitrogens is 2. The first kappa shape index (κ1) is 19.3. The lowest BCUT2D eigenvalue weighted by Gasteiger charge is -2.39. The fourth-order valence-electron chi connectivity index (χ4n) is 4.05. The summed E-state index contributed by atoms with van der Waals surface area (Å²) in [5.74, 6) is 0.00613. The van der Waals surface area contributed by atoms with Crippen LogP contribution in [0.3, 0.4) is 0 Å². The lowest BCUT2D eigenvalue weighted by Crippen LogP contribution is -2.46. The molecule has 0 bridgehead atoms. The van der Waals surface area contributed by atoms with Crippen molar-refractivity contribution in [3.05, 3.63) is 46.2 Å². The highest BCUT2D eigenvalue weighted by Crippen LogP contribution is 2.38. The number of anilines is 1. The fraction of sp³-hybridized carbons (Fsp3) is 0.524. The van der Waals surface area contributed by atoms with Crippen molar-refractivity contribution in [3.8, 4) is 0 Å². The van der Waals surface area contributed by atoms with Crippen LogP contribution in [-0.2, 0) is 11.3 Å². The van der Waals surface area contributed by atoms with E-state index in [1.54, 1.807) is 0 Å². The second-order valence-electron chi connectivity index (χ2n) is 7.55. The molecule has 0 spiro atoms. The van der Waals surface area contributed by atoms with Gasteiger partial charge in [-0.1, -0.05) is 37.1 Å². The lowest BCUT2D eigenvalue weighted by molar-refractivity contribution is 0.0426. The van der Waals surface area contributed by atoms with Crippen molar-refractivity contribution in [2.75, 3.05) is 18.5 Å². The maximum Gasteiger partial charge on any atom is 0.257 e. The summed E-state index contributed by atoms with van der Waals surface area (Å²) in [6.45, 7) is 6.18. The number of hydrogen-bond acceptors (Lipinski definition) is 4. The molecule has 1 fully saturated rings. The Morgan fingerprint density at radius 2 is 2.18 bits per heavy atom. The van der Waals surface area contributed by atoms with E-state index in [1.807, 2.05) is 40.8 Å².